The number of hydrogen-bond acceptors (Lipinski definition) is 2. The van der Waals surface area contributed by atoms with E-state index < -0.39 is 0 Å². The van der Waals surface area contributed by atoms with Crippen LogP contribution < -0.4 is 5.73 Å². The fraction of sp³-hybridized carbons (Fsp3) is 0.917. The van der Waals surface area contributed by atoms with Gasteiger partial charge >= 0.3 is 0 Å². The second kappa shape index (κ2) is 7.69. The monoisotopic (exact) mass is 214 g/mol. The molecule has 0 aromatic heterocycles. The van der Waals surface area contributed by atoms with Crippen LogP contribution in [-0.4, -0.2) is 30.4 Å². The summed E-state index contributed by atoms with van der Waals surface area (Å²) >= 11 is 0. The van der Waals surface area contributed by atoms with Crippen molar-refractivity contribution in [1.29, 1.82) is 0 Å². The lowest BCUT2D eigenvalue weighted by atomic mass is 9.98. The van der Waals surface area contributed by atoms with Crippen molar-refractivity contribution in [2.45, 2.75) is 52.5 Å². The van der Waals surface area contributed by atoms with Crippen LogP contribution in [0.1, 0.15) is 46.5 Å². The number of nitrogens with two attached hydrogens (primary N) is 1. The second-order valence-electron chi connectivity index (χ2n) is 4.44. The molecule has 0 heterocycles. The second-order valence-corrected chi connectivity index (χ2v) is 4.44. The largest absolute Gasteiger partial charge is 0.344 e. The summed E-state index contributed by atoms with van der Waals surface area (Å²) in [4.78, 5) is 13.8. The maximum Gasteiger partial charge on any atom is 0.225 e. The molecule has 0 spiro atoms. The highest BCUT2D eigenvalue weighted by molar-refractivity contribution is 5.78. The lowest BCUT2D eigenvalue weighted by molar-refractivity contribution is -0.134. The SMILES string of the molecule is CCCCC(CC)C(=O)N(C)CC(C)N. The molecular weight excluding hydrogens is 188 g/mol. The molecule has 0 fully saturated rings. The van der Waals surface area contributed by atoms with Crippen molar-refractivity contribution in [1.82, 2.24) is 4.90 Å². The Bertz CT molecular complexity index is 180. The first-order chi connectivity index (χ1) is 7.02. The molecule has 2 unspecified atom stereocenters. The summed E-state index contributed by atoms with van der Waals surface area (Å²) in [5.74, 6) is 0.442. The third-order valence-electron chi connectivity index (χ3n) is 2.69. The first kappa shape index (κ1) is 14.4. The number of rotatable bonds is 7. The van der Waals surface area contributed by atoms with Crippen LogP contribution in [0, 0.1) is 5.92 Å². The van der Waals surface area contributed by atoms with E-state index in [1.165, 1.54) is 0 Å². The van der Waals surface area contributed by atoms with Crippen molar-refractivity contribution in [3.8, 4) is 0 Å². The number of carbonyl (C=O) groups is 1. The number of nitrogens with zero attached hydrogens (tertiary/aromatic N) is 1. The third-order valence-corrected chi connectivity index (χ3v) is 2.69. The van der Waals surface area contributed by atoms with E-state index in [9.17, 15) is 4.79 Å². The predicted molar refractivity (Wildman–Crippen MR) is 64.6 cm³/mol. The van der Waals surface area contributed by atoms with Gasteiger partial charge in [0.2, 0.25) is 5.91 Å². The fourth-order valence-electron chi connectivity index (χ4n) is 1.79. The highest BCUT2D eigenvalue weighted by Crippen LogP contribution is 2.15. The zero-order valence-corrected chi connectivity index (χ0v) is 10.6. The lowest BCUT2D eigenvalue weighted by Crippen LogP contribution is -2.40. The molecule has 2 N–H and O–H groups in total. The van der Waals surface area contributed by atoms with Crippen LogP contribution in [0.15, 0.2) is 0 Å². The van der Waals surface area contributed by atoms with E-state index >= 15 is 0 Å². The molecular formula is C12H26N2O. The fourth-order valence-corrected chi connectivity index (χ4v) is 1.79. The molecule has 0 aliphatic heterocycles. The average Bonchev–Trinajstić information content (AvgIpc) is 2.17. The number of hydrogen-bond donors (Lipinski definition) is 1. The summed E-state index contributed by atoms with van der Waals surface area (Å²) in [6.07, 6.45) is 4.23. The summed E-state index contributed by atoms with van der Waals surface area (Å²) in [6.45, 7) is 6.82. The van der Waals surface area contributed by atoms with E-state index in [-0.39, 0.29) is 17.9 Å². The molecule has 2 atom stereocenters. The van der Waals surface area contributed by atoms with Crippen LogP contribution in [0.5, 0.6) is 0 Å². The Morgan fingerprint density at radius 2 is 2.00 bits per heavy atom. The molecule has 3 nitrogen and oxygen atoms in total. The van der Waals surface area contributed by atoms with E-state index in [0.29, 0.717) is 6.54 Å². The van der Waals surface area contributed by atoms with Crippen molar-refractivity contribution in [3.05, 3.63) is 0 Å². The standard InChI is InChI=1S/C12H26N2O/c1-5-7-8-11(6-2)12(15)14(4)9-10(3)13/h10-11H,5-9,13H2,1-4H3. The van der Waals surface area contributed by atoms with Crippen LogP contribution in [-0.2, 0) is 4.79 Å². The quantitative estimate of drug-likeness (QED) is 0.704. The zero-order chi connectivity index (χ0) is 11.8. The van der Waals surface area contributed by atoms with E-state index in [1.54, 1.807) is 4.90 Å². The summed E-state index contributed by atoms with van der Waals surface area (Å²) in [7, 11) is 1.85. The Balaban J connectivity index is 4.11. The van der Waals surface area contributed by atoms with Gasteiger partial charge in [-0.1, -0.05) is 26.7 Å². The van der Waals surface area contributed by atoms with Gasteiger partial charge in [-0.2, -0.15) is 0 Å². The van der Waals surface area contributed by atoms with Gasteiger partial charge in [-0.25, -0.2) is 0 Å². The molecule has 0 bridgehead atoms. The van der Waals surface area contributed by atoms with Crippen LogP contribution in [0.3, 0.4) is 0 Å². The Morgan fingerprint density at radius 3 is 2.40 bits per heavy atom. The molecule has 0 aliphatic carbocycles. The van der Waals surface area contributed by atoms with E-state index in [1.807, 2.05) is 14.0 Å². The lowest BCUT2D eigenvalue weighted by Gasteiger charge is -2.24. The number of unbranched alkanes of at least 4 members (excludes halogenated alkanes) is 1. The first-order valence-electron chi connectivity index (χ1n) is 6.03. The number of carbonyl (C=O) groups excluding carboxylic acids is 1. The minimum atomic E-state index is 0.0580. The van der Waals surface area contributed by atoms with Gasteiger partial charge in [-0.05, 0) is 19.8 Å². The van der Waals surface area contributed by atoms with E-state index in [0.717, 1.165) is 25.7 Å². The zero-order valence-electron chi connectivity index (χ0n) is 10.6. The van der Waals surface area contributed by atoms with Crippen molar-refractivity contribution in [2.75, 3.05) is 13.6 Å². The summed E-state index contributed by atoms with van der Waals surface area (Å²) in [5, 5.41) is 0. The molecule has 3 heteroatoms. The van der Waals surface area contributed by atoms with Crippen LogP contribution in [0.2, 0.25) is 0 Å². The highest BCUT2D eigenvalue weighted by Gasteiger charge is 2.19. The number of likely N-dealkylation sites (N-methyl/N-ethyl adjacent to an activating group) is 1. The Morgan fingerprint density at radius 1 is 1.40 bits per heavy atom. The van der Waals surface area contributed by atoms with Crippen molar-refractivity contribution < 1.29 is 4.79 Å². The topological polar surface area (TPSA) is 46.3 Å². The molecule has 0 radical (unpaired) electrons. The predicted octanol–water partition coefficient (Wildman–Crippen LogP) is 2.01. The Hall–Kier alpha value is -0.570. The minimum Gasteiger partial charge on any atom is -0.344 e. The van der Waals surface area contributed by atoms with Crippen LogP contribution in [0.25, 0.3) is 0 Å². The van der Waals surface area contributed by atoms with Gasteiger partial charge in [0.1, 0.15) is 0 Å². The van der Waals surface area contributed by atoms with Crippen molar-refractivity contribution in [2.24, 2.45) is 11.7 Å². The van der Waals surface area contributed by atoms with Crippen molar-refractivity contribution in [3.63, 3.8) is 0 Å². The molecule has 0 aromatic carbocycles. The maximum atomic E-state index is 12.0. The van der Waals surface area contributed by atoms with Crippen molar-refractivity contribution >= 4 is 5.91 Å². The summed E-state index contributed by atoms with van der Waals surface area (Å²) < 4.78 is 0. The van der Waals surface area contributed by atoms with Gasteiger partial charge in [0, 0.05) is 25.6 Å². The minimum absolute atomic E-state index is 0.0580. The highest BCUT2D eigenvalue weighted by atomic mass is 16.2. The normalized spacial score (nSPS) is 14.7. The molecule has 90 valence electrons. The van der Waals surface area contributed by atoms with Gasteiger partial charge in [0.15, 0.2) is 0 Å². The molecule has 0 aromatic rings. The molecule has 0 aliphatic rings. The van der Waals surface area contributed by atoms with Gasteiger partial charge in [-0.3, -0.25) is 4.79 Å². The summed E-state index contributed by atoms with van der Waals surface area (Å²) in [5.41, 5.74) is 5.68. The first-order valence-corrected chi connectivity index (χ1v) is 6.03. The van der Waals surface area contributed by atoms with E-state index in [4.69, 9.17) is 5.73 Å². The number of amides is 1. The molecule has 15 heavy (non-hydrogen) atoms. The smallest absolute Gasteiger partial charge is 0.225 e. The average molecular weight is 214 g/mol. The van der Waals surface area contributed by atoms with Gasteiger partial charge < -0.3 is 10.6 Å². The molecule has 1 amide bonds. The Labute approximate surface area is 94.0 Å². The third kappa shape index (κ3) is 5.78. The van der Waals surface area contributed by atoms with Crippen LogP contribution >= 0.6 is 0 Å². The van der Waals surface area contributed by atoms with Gasteiger partial charge in [-0.15, -0.1) is 0 Å². The molecule has 0 saturated carbocycles. The van der Waals surface area contributed by atoms with Gasteiger partial charge in [0.05, 0.1) is 0 Å². The van der Waals surface area contributed by atoms with Crippen LogP contribution in [0.4, 0.5) is 0 Å². The maximum absolute atomic E-state index is 12.0. The molecule has 0 rings (SSSR count). The summed E-state index contributed by atoms with van der Waals surface area (Å²) in [6, 6.07) is 0.0580. The Kier molecular flexibility index (Phi) is 7.39. The van der Waals surface area contributed by atoms with Gasteiger partial charge in [0.25, 0.3) is 0 Å². The van der Waals surface area contributed by atoms with E-state index in [2.05, 4.69) is 13.8 Å². The molecule has 0 saturated heterocycles.